The van der Waals surface area contributed by atoms with E-state index < -0.39 is 0 Å². The molecule has 0 aliphatic carbocycles. The molecule has 1 aromatic carbocycles. The molecule has 3 rings (SSSR count). The van der Waals surface area contributed by atoms with Gasteiger partial charge in [-0.3, -0.25) is 4.79 Å². The van der Waals surface area contributed by atoms with Crippen molar-refractivity contribution >= 4 is 23.2 Å². The lowest BCUT2D eigenvalue weighted by Crippen LogP contribution is -2.26. The number of nitrogens with one attached hydrogen (secondary N) is 1. The lowest BCUT2D eigenvalue weighted by Gasteiger charge is -2.21. The van der Waals surface area contributed by atoms with Gasteiger partial charge in [0, 0.05) is 17.3 Å². The van der Waals surface area contributed by atoms with Gasteiger partial charge in [0.05, 0.1) is 18.6 Å². The molecule has 18 heavy (non-hydrogen) atoms. The first-order valence-electron chi connectivity index (χ1n) is 6.14. The van der Waals surface area contributed by atoms with Crippen LogP contribution in [0.1, 0.15) is 30.0 Å². The van der Waals surface area contributed by atoms with Gasteiger partial charge in [-0.1, -0.05) is 11.6 Å². The van der Waals surface area contributed by atoms with E-state index in [-0.39, 0.29) is 18.1 Å². The van der Waals surface area contributed by atoms with E-state index in [9.17, 15) is 4.79 Å². The zero-order valence-corrected chi connectivity index (χ0v) is 10.7. The summed E-state index contributed by atoms with van der Waals surface area (Å²) in [6, 6.07) is 3.41. The highest BCUT2D eigenvalue weighted by Crippen LogP contribution is 2.36. The van der Waals surface area contributed by atoms with Gasteiger partial charge in [-0.25, -0.2) is 0 Å². The normalized spacial score (nSPS) is 23.9. The van der Waals surface area contributed by atoms with Crippen LogP contribution in [0.25, 0.3) is 0 Å². The lowest BCUT2D eigenvalue weighted by atomic mass is 9.96. The average molecular weight is 267 g/mol. The molecule has 2 aliphatic rings. The van der Waals surface area contributed by atoms with Crippen LogP contribution in [0.2, 0.25) is 5.02 Å². The Morgan fingerprint density at radius 3 is 3.06 bits per heavy atom. The Balaban J connectivity index is 1.98. The molecule has 5 heteroatoms. The Morgan fingerprint density at radius 1 is 1.50 bits per heavy atom. The molecule has 4 nitrogen and oxygen atoms in total. The van der Waals surface area contributed by atoms with Crippen molar-refractivity contribution in [3.8, 4) is 0 Å². The highest BCUT2D eigenvalue weighted by molar-refractivity contribution is 6.31. The van der Waals surface area contributed by atoms with Gasteiger partial charge < -0.3 is 15.8 Å². The van der Waals surface area contributed by atoms with Crippen LogP contribution in [0, 0.1) is 0 Å². The van der Waals surface area contributed by atoms with Gasteiger partial charge in [-0.2, -0.15) is 0 Å². The Morgan fingerprint density at radius 2 is 2.33 bits per heavy atom. The third kappa shape index (κ3) is 2.00. The summed E-state index contributed by atoms with van der Waals surface area (Å²) in [5.74, 6) is -0.00643. The molecule has 2 aliphatic heterocycles. The molecule has 96 valence electrons. The number of carbonyl (C=O) groups is 1. The van der Waals surface area contributed by atoms with Crippen LogP contribution in [-0.2, 0) is 16.0 Å². The molecule has 0 aromatic heterocycles. The predicted molar refractivity (Wildman–Crippen MR) is 69.7 cm³/mol. The van der Waals surface area contributed by atoms with Gasteiger partial charge >= 0.3 is 0 Å². The minimum Gasteiger partial charge on any atom is -0.376 e. The fourth-order valence-corrected chi connectivity index (χ4v) is 2.93. The molecular weight excluding hydrogens is 252 g/mol. The first kappa shape index (κ1) is 12.0. The number of hydrogen-bond acceptors (Lipinski definition) is 3. The molecule has 0 saturated carbocycles. The van der Waals surface area contributed by atoms with Crippen molar-refractivity contribution in [1.82, 2.24) is 0 Å². The molecule has 1 saturated heterocycles. The molecule has 0 radical (unpaired) electrons. The van der Waals surface area contributed by atoms with E-state index in [0.29, 0.717) is 11.4 Å². The smallest absolute Gasteiger partial charge is 0.228 e. The van der Waals surface area contributed by atoms with Crippen molar-refractivity contribution in [2.75, 3.05) is 11.9 Å². The van der Waals surface area contributed by atoms with Gasteiger partial charge in [0.15, 0.2) is 0 Å². The van der Waals surface area contributed by atoms with Crippen LogP contribution in [0.5, 0.6) is 0 Å². The Labute approximate surface area is 110 Å². The van der Waals surface area contributed by atoms with Crippen LogP contribution in [0.4, 0.5) is 5.69 Å². The van der Waals surface area contributed by atoms with Crippen molar-refractivity contribution in [3.63, 3.8) is 0 Å². The standard InChI is InChI=1S/C13H15ClN2O2/c14-8-4-7-5-11(17)16-13(7)9(6-8)12(15)10-2-1-3-18-10/h4,6,10,12H,1-3,5,15H2,(H,16,17). The molecule has 3 N–H and O–H groups in total. The number of ether oxygens (including phenoxy) is 1. The number of amides is 1. The number of rotatable bonds is 2. The maximum absolute atomic E-state index is 11.5. The fraction of sp³-hybridized carbons (Fsp3) is 0.462. The van der Waals surface area contributed by atoms with Gasteiger partial charge in [-0.15, -0.1) is 0 Å². The molecule has 2 unspecified atom stereocenters. The number of nitrogens with two attached hydrogens (primary N) is 1. The molecule has 0 bridgehead atoms. The summed E-state index contributed by atoms with van der Waals surface area (Å²) in [6.07, 6.45) is 2.38. The molecule has 2 atom stereocenters. The topological polar surface area (TPSA) is 64.3 Å². The summed E-state index contributed by atoms with van der Waals surface area (Å²) < 4.78 is 5.61. The Hall–Kier alpha value is -1.10. The number of benzene rings is 1. The highest BCUT2D eigenvalue weighted by Gasteiger charge is 2.30. The summed E-state index contributed by atoms with van der Waals surface area (Å²) >= 11 is 6.09. The maximum atomic E-state index is 11.5. The van der Waals surface area contributed by atoms with Gasteiger partial charge in [0.2, 0.25) is 5.91 Å². The lowest BCUT2D eigenvalue weighted by molar-refractivity contribution is -0.115. The molecule has 1 fully saturated rings. The van der Waals surface area contributed by atoms with Crippen LogP contribution in [-0.4, -0.2) is 18.6 Å². The van der Waals surface area contributed by atoms with Crippen molar-refractivity contribution in [1.29, 1.82) is 0 Å². The minimum atomic E-state index is -0.238. The predicted octanol–water partition coefficient (Wildman–Crippen LogP) is 2.01. The zero-order valence-electron chi connectivity index (χ0n) is 9.91. The minimum absolute atomic E-state index is 0.00643. The second-order valence-electron chi connectivity index (χ2n) is 4.83. The molecule has 1 amide bonds. The molecule has 0 spiro atoms. The van der Waals surface area contributed by atoms with E-state index in [1.54, 1.807) is 0 Å². The van der Waals surface area contributed by atoms with E-state index in [4.69, 9.17) is 22.1 Å². The van der Waals surface area contributed by atoms with Gasteiger partial charge in [-0.05, 0) is 36.1 Å². The van der Waals surface area contributed by atoms with Crippen LogP contribution >= 0.6 is 11.6 Å². The number of halogens is 1. The number of fused-ring (bicyclic) bond motifs is 1. The first-order chi connectivity index (χ1) is 8.65. The van der Waals surface area contributed by atoms with Crippen molar-refractivity contribution in [3.05, 3.63) is 28.3 Å². The third-order valence-corrected chi connectivity index (χ3v) is 3.77. The van der Waals surface area contributed by atoms with E-state index in [1.165, 1.54) is 0 Å². The monoisotopic (exact) mass is 266 g/mol. The van der Waals surface area contributed by atoms with E-state index >= 15 is 0 Å². The quantitative estimate of drug-likeness (QED) is 0.861. The van der Waals surface area contributed by atoms with E-state index in [1.807, 2.05) is 12.1 Å². The van der Waals surface area contributed by atoms with Crippen molar-refractivity contribution in [2.24, 2.45) is 5.73 Å². The van der Waals surface area contributed by atoms with Gasteiger partial charge in [0.25, 0.3) is 0 Å². The van der Waals surface area contributed by atoms with Crippen LogP contribution < -0.4 is 11.1 Å². The van der Waals surface area contributed by atoms with Crippen LogP contribution in [0.3, 0.4) is 0 Å². The summed E-state index contributed by atoms with van der Waals surface area (Å²) in [7, 11) is 0. The first-order valence-corrected chi connectivity index (χ1v) is 6.52. The molecular formula is C13H15ClN2O2. The zero-order chi connectivity index (χ0) is 12.7. The average Bonchev–Trinajstić information content (AvgIpc) is 2.94. The summed E-state index contributed by atoms with van der Waals surface area (Å²) in [6.45, 7) is 0.757. The van der Waals surface area contributed by atoms with Crippen molar-refractivity contribution in [2.45, 2.75) is 31.4 Å². The number of carbonyl (C=O) groups excluding carboxylic acids is 1. The Kier molecular flexibility index (Phi) is 3.01. The second kappa shape index (κ2) is 4.53. The largest absolute Gasteiger partial charge is 0.376 e. The number of anilines is 1. The molecule has 2 heterocycles. The highest BCUT2D eigenvalue weighted by atomic mass is 35.5. The second-order valence-corrected chi connectivity index (χ2v) is 5.27. The molecule has 1 aromatic rings. The van der Waals surface area contributed by atoms with Crippen LogP contribution in [0.15, 0.2) is 12.1 Å². The summed E-state index contributed by atoms with van der Waals surface area (Å²) in [4.78, 5) is 11.5. The van der Waals surface area contributed by atoms with E-state index in [2.05, 4.69) is 5.32 Å². The SMILES string of the molecule is NC(c1cc(Cl)cc2c1NC(=O)C2)C1CCCO1. The summed E-state index contributed by atoms with van der Waals surface area (Å²) in [5.41, 5.74) is 8.89. The maximum Gasteiger partial charge on any atom is 0.228 e. The third-order valence-electron chi connectivity index (χ3n) is 3.56. The van der Waals surface area contributed by atoms with E-state index in [0.717, 1.165) is 36.3 Å². The fourth-order valence-electron chi connectivity index (χ4n) is 2.68. The van der Waals surface area contributed by atoms with Crippen molar-refractivity contribution < 1.29 is 9.53 Å². The number of hydrogen-bond donors (Lipinski definition) is 2. The summed E-state index contributed by atoms with van der Waals surface area (Å²) in [5, 5.41) is 3.48. The van der Waals surface area contributed by atoms with Gasteiger partial charge in [0.1, 0.15) is 0 Å². The Bertz CT molecular complexity index is 498.